The first kappa shape index (κ1) is 11.6. The summed E-state index contributed by atoms with van der Waals surface area (Å²) in [5.74, 6) is 1.19. The van der Waals surface area contributed by atoms with Crippen LogP contribution in [0.25, 0.3) is 0 Å². The highest BCUT2D eigenvalue weighted by atomic mass is 16.5. The Balaban J connectivity index is 2.06. The Bertz CT molecular complexity index is 494. The Morgan fingerprint density at radius 3 is 2.94 bits per heavy atom. The van der Waals surface area contributed by atoms with Crippen molar-refractivity contribution < 1.29 is 14.7 Å². The molecule has 0 aliphatic rings. The van der Waals surface area contributed by atoms with E-state index in [0.717, 1.165) is 5.56 Å². The minimum absolute atomic E-state index is 0.214. The van der Waals surface area contributed by atoms with E-state index >= 15 is 0 Å². The van der Waals surface area contributed by atoms with E-state index in [1.165, 1.54) is 0 Å². The summed E-state index contributed by atoms with van der Waals surface area (Å²) in [7, 11) is 0. The molecule has 0 aliphatic heterocycles. The molecule has 0 bridgehead atoms. The molecule has 2 aromatic rings. The first-order chi connectivity index (χ1) is 8.13. The van der Waals surface area contributed by atoms with Gasteiger partial charge in [0.2, 0.25) is 5.89 Å². The van der Waals surface area contributed by atoms with Gasteiger partial charge in [-0.1, -0.05) is 17.3 Å². The van der Waals surface area contributed by atoms with Gasteiger partial charge in [-0.2, -0.15) is 4.98 Å². The lowest BCUT2D eigenvalue weighted by Gasteiger charge is -1.97. The van der Waals surface area contributed by atoms with Crippen LogP contribution >= 0.6 is 0 Å². The molecular weight excluding hydrogens is 220 g/mol. The molecule has 0 aliphatic carbocycles. The van der Waals surface area contributed by atoms with Gasteiger partial charge < -0.3 is 14.7 Å². The van der Waals surface area contributed by atoms with Crippen molar-refractivity contribution in [3.8, 4) is 5.75 Å². The van der Waals surface area contributed by atoms with Gasteiger partial charge >= 0.3 is 0 Å². The third kappa shape index (κ3) is 3.29. The van der Waals surface area contributed by atoms with Crippen molar-refractivity contribution >= 4 is 0 Å². The molecule has 0 amide bonds. The summed E-state index contributed by atoms with van der Waals surface area (Å²) < 4.78 is 5.06. The van der Waals surface area contributed by atoms with Crippen molar-refractivity contribution in [3.05, 3.63) is 41.5 Å². The average Bonchev–Trinajstić information content (AvgIpc) is 2.64. The van der Waals surface area contributed by atoms with Crippen LogP contribution in [0.3, 0.4) is 0 Å². The minimum Gasteiger partial charge on any atom is -0.508 e. The first-order valence-electron chi connectivity index (χ1n) is 5.41. The second-order valence-corrected chi connectivity index (χ2v) is 4.00. The molecule has 5 heteroatoms. The van der Waals surface area contributed by atoms with E-state index in [-0.39, 0.29) is 5.75 Å². The van der Waals surface area contributed by atoms with Crippen molar-refractivity contribution in [3.63, 3.8) is 0 Å². The summed E-state index contributed by atoms with van der Waals surface area (Å²) in [5.41, 5.74) is 0.900. The molecule has 0 saturated carbocycles. The zero-order valence-corrected chi connectivity index (χ0v) is 9.50. The fourth-order valence-electron chi connectivity index (χ4n) is 1.55. The molecule has 1 atom stereocenters. The van der Waals surface area contributed by atoms with E-state index in [1.54, 1.807) is 25.1 Å². The van der Waals surface area contributed by atoms with E-state index in [9.17, 15) is 10.2 Å². The van der Waals surface area contributed by atoms with Crippen LogP contribution in [0.2, 0.25) is 0 Å². The van der Waals surface area contributed by atoms with Gasteiger partial charge in [0.15, 0.2) is 5.82 Å². The van der Waals surface area contributed by atoms with Gasteiger partial charge in [0.05, 0.1) is 12.5 Å². The highest BCUT2D eigenvalue weighted by Crippen LogP contribution is 2.14. The van der Waals surface area contributed by atoms with Gasteiger partial charge in [0.1, 0.15) is 5.75 Å². The molecular formula is C12H14N2O3. The fourth-order valence-corrected chi connectivity index (χ4v) is 1.55. The normalized spacial score (nSPS) is 12.6. The molecule has 90 valence electrons. The SMILES string of the molecule is CC(O)Cc1noc(Cc2cccc(O)c2)n1. The molecule has 0 radical (unpaired) electrons. The Hall–Kier alpha value is -1.88. The number of aromatic hydroxyl groups is 1. The second-order valence-electron chi connectivity index (χ2n) is 4.00. The highest BCUT2D eigenvalue weighted by Gasteiger charge is 2.09. The topological polar surface area (TPSA) is 79.4 Å². The van der Waals surface area contributed by atoms with Gasteiger partial charge in [-0.05, 0) is 24.6 Å². The maximum atomic E-state index is 9.32. The van der Waals surface area contributed by atoms with Crippen LogP contribution < -0.4 is 0 Å². The molecule has 17 heavy (non-hydrogen) atoms. The number of aliphatic hydroxyl groups is 1. The molecule has 0 saturated heterocycles. The summed E-state index contributed by atoms with van der Waals surface area (Å²) in [4.78, 5) is 4.16. The zero-order valence-electron chi connectivity index (χ0n) is 9.50. The van der Waals surface area contributed by atoms with Crippen molar-refractivity contribution in [2.75, 3.05) is 0 Å². The lowest BCUT2D eigenvalue weighted by atomic mass is 10.1. The minimum atomic E-state index is -0.485. The molecule has 1 unspecified atom stereocenters. The number of phenolic OH excluding ortho intramolecular Hbond substituents is 1. The molecule has 1 aromatic carbocycles. The maximum absolute atomic E-state index is 9.32. The second kappa shape index (κ2) is 4.97. The third-order valence-corrected chi connectivity index (χ3v) is 2.25. The number of hydrogen-bond donors (Lipinski definition) is 2. The third-order valence-electron chi connectivity index (χ3n) is 2.25. The standard InChI is InChI=1S/C12H14N2O3/c1-8(15)5-11-13-12(17-14-11)7-9-3-2-4-10(16)6-9/h2-4,6,8,15-16H,5,7H2,1H3. The van der Waals surface area contributed by atoms with Crippen LogP contribution in [-0.2, 0) is 12.8 Å². The first-order valence-corrected chi connectivity index (χ1v) is 5.41. The molecule has 1 aromatic heterocycles. The molecule has 2 N–H and O–H groups in total. The number of benzene rings is 1. The van der Waals surface area contributed by atoms with Crippen molar-refractivity contribution in [1.82, 2.24) is 10.1 Å². The molecule has 2 rings (SSSR count). The molecule has 0 spiro atoms. The molecule has 0 fully saturated rings. The predicted molar refractivity (Wildman–Crippen MR) is 60.6 cm³/mol. The van der Waals surface area contributed by atoms with Gasteiger partial charge in [0.25, 0.3) is 0 Å². The number of aliphatic hydroxyl groups excluding tert-OH is 1. The quantitative estimate of drug-likeness (QED) is 0.833. The number of nitrogens with zero attached hydrogens (tertiary/aromatic N) is 2. The number of aromatic nitrogens is 2. The van der Waals surface area contributed by atoms with Crippen molar-refractivity contribution in [2.24, 2.45) is 0 Å². The van der Waals surface area contributed by atoms with Gasteiger partial charge in [0, 0.05) is 6.42 Å². The Morgan fingerprint density at radius 2 is 2.24 bits per heavy atom. The van der Waals surface area contributed by atoms with E-state index < -0.39 is 6.10 Å². The van der Waals surface area contributed by atoms with Crippen LogP contribution in [0.1, 0.15) is 24.2 Å². The smallest absolute Gasteiger partial charge is 0.231 e. The van der Waals surface area contributed by atoms with Crippen LogP contribution in [0.15, 0.2) is 28.8 Å². The van der Waals surface area contributed by atoms with Crippen LogP contribution in [0.5, 0.6) is 5.75 Å². The molecule has 5 nitrogen and oxygen atoms in total. The van der Waals surface area contributed by atoms with Gasteiger partial charge in [-0.15, -0.1) is 0 Å². The van der Waals surface area contributed by atoms with E-state index in [2.05, 4.69) is 10.1 Å². The Kier molecular flexibility index (Phi) is 3.39. The van der Waals surface area contributed by atoms with Gasteiger partial charge in [-0.3, -0.25) is 0 Å². The lowest BCUT2D eigenvalue weighted by molar-refractivity contribution is 0.191. The summed E-state index contributed by atoms with van der Waals surface area (Å²) >= 11 is 0. The number of hydrogen-bond acceptors (Lipinski definition) is 5. The Labute approximate surface area is 98.7 Å². The molecule has 1 heterocycles. The zero-order chi connectivity index (χ0) is 12.3. The summed E-state index contributed by atoms with van der Waals surface area (Å²) in [5, 5.41) is 22.3. The monoisotopic (exact) mass is 234 g/mol. The van der Waals surface area contributed by atoms with Crippen molar-refractivity contribution in [1.29, 1.82) is 0 Å². The largest absolute Gasteiger partial charge is 0.508 e. The lowest BCUT2D eigenvalue weighted by Crippen LogP contribution is -2.05. The predicted octanol–water partition coefficient (Wildman–Crippen LogP) is 1.29. The number of rotatable bonds is 4. The van der Waals surface area contributed by atoms with Crippen LogP contribution in [-0.4, -0.2) is 26.5 Å². The maximum Gasteiger partial charge on any atom is 0.231 e. The number of phenols is 1. The summed E-state index contributed by atoms with van der Waals surface area (Å²) in [6.45, 7) is 1.67. The Morgan fingerprint density at radius 1 is 1.41 bits per heavy atom. The fraction of sp³-hybridized carbons (Fsp3) is 0.333. The van der Waals surface area contributed by atoms with Crippen molar-refractivity contribution in [2.45, 2.75) is 25.9 Å². The van der Waals surface area contributed by atoms with E-state index in [4.69, 9.17) is 4.52 Å². The van der Waals surface area contributed by atoms with E-state index in [0.29, 0.717) is 24.6 Å². The van der Waals surface area contributed by atoms with Crippen LogP contribution in [0, 0.1) is 0 Å². The van der Waals surface area contributed by atoms with Gasteiger partial charge in [-0.25, -0.2) is 0 Å². The highest BCUT2D eigenvalue weighted by molar-refractivity contribution is 5.28. The van der Waals surface area contributed by atoms with E-state index in [1.807, 2.05) is 6.07 Å². The average molecular weight is 234 g/mol. The summed E-state index contributed by atoms with van der Waals surface area (Å²) in [6, 6.07) is 6.89. The van der Waals surface area contributed by atoms with Crippen LogP contribution in [0.4, 0.5) is 0 Å². The summed E-state index contributed by atoms with van der Waals surface area (Å²) in [6.07, 6.45) is 0.367.